The summed E-state index contributed by atoms with van der Waals surface area (Å²) >= 11 is 1.57. The summed E-state index contributed by atoms with van der Waals surface area (Å²) < 4.78 is 5.43. The molecule has 0 aliphatic carbocycles. The van der Waals surface area contributed by atoms with E-state index in [2.05, 4.69) is 17.2 Å². The van der Waals surface area contributed by atoms with Crippen molar-refractivity contribution in [3.63, 3.8) is 0 Å². The highest BCUT2D eigenvalue weighted by Gasteiger charge is 2.36. The lowest BCUT2D eigenvalue weighted by Gasteiger charge is -2.34. The van der Waals surface area contributed by atoms with E-state index in [-0.39, 0.29) is 18.4 Å². The van der Waals surface area contributed by atoms with Crippen LogP contribution in [0.15, 0.2) is 55.1 Å². The summed E-state index contributed by atoms with van der Waals surface area (Å²) in [5.74, 6) is -0.0908. The van der Waals surface area contributed by atoms with E-state index in [0.717, 1.165) is 16.7 Å². The van der Waals surface area contributed by atoms with E-state index in [0.29, 0.717) is 23.4 Å². The second-order valence-electron chi connectivity index (χ2n) is 10.4. The molecule has 0 aromatic heterocycles. The van der Waals surface area contributed by atoms with Gasteiger partial charge < -0.3 is 20.3 Å². The Morgan fingerprint density at radius 3 is 2.26 bits per heavy atom. The van der Waals surface area contributed by atoms with Gasteiger partial charge in [0.2, 0.25) is 5.91 Å². The molecular formula is C30H41N3O4S. The van der Waals surface area contributed by atoms with Crippen molar-refractivity contribution >= 4 is 35.4 Å². The number of carbonyl (C=O) groups excluding carboxylic acids is 3. The van der Waals surface area contributed by atoms with Gasteiger partial charge in [0.25, 0.3) is 5.91 Å². The number of para-hydroxylation sites is 1. The Labute approximate surface area is 231 Å². The highest BCUT2D eigenvalue weighted by molar-refractivity contribution is 7.98. The third-order valence-electron chi connectivity index (χ3n) is 5.73. The molecule has 0 saturated heterocycles. The molecule has 3 amide bonds. The molecule has 2 rings (SSSR count). The fourth-order valence-corrected chi connectivity index (χ4v) is 4.63. The predicted molar refractivity (Wildman–Crippen MR) is 157 cm³/mol. The zero-order valence-electron chi connectivity index (χ0n) is 23.6. The van der Waals surface area contributed by atoms with Gasteiger partial charge in [-0.2, -0.15) is 11.8 Å². The third kappa shape index (κ3) is 9.24. The third-order valence-corrected chi connectivity index (χ3v) is 6.38. The number of benzene rings is 2. The zero-order valence-corrected chi connectivity index (χ0v) is 24.4. The van der Waals surface area contributed by atoms with E-state index in [1.807, 2.05) is 69.5 Å². The highest BCUT2D eigenvalue weighted by atomic mass is 32.2. The Bertz CT molecular complexity index is 1120. The predicted octanol–water partition coefficient (Wildman–Crippen LogP) is 5.95. The first kappa shape index (κ1) is 31.0. The van der Waals surface area contributed by atoms with Crippen LogP contribution in [0, 0.1) is 20.8 Å². The van der Waals surface area contributed by atoms with Gasteiger partial charge in [0.1, 0.15) is 17.7 Å². The standard InChI is InChI=1S/C30H41N3O4S/c1-9-15-33(28(35)25(14-16-38-8)32-29(36)37-30(5,6)7)26(23-18-20(2)17-21(3)19-23)27(34)31-24-13-11-10-12-22(24)4/h9-13,17-19,25-26H,1,14-16H2,2-8H3,(H,31,34)(H,32,36). The zero-order chi connectivity index (χ0) is 28.5. The Balaban J connectivity index is 2.54. The Hall–Kier alpha value is -3.26. The smallest absolute Gasteiger partial charge is 0.408 e. The summed E-state index contributed by atoms with van der Waals surface area (Å²) in [7, 11) is 0. The van der Waals surface area contributed by atoms with Crippen molar-refractivity contribution in [3.8, 4) is 0 Å². The number of ether oxygens (including phenoxy) is 1. The van der Waals surface area contributed by atoms with Gasteiger partial charge in [0.05, 0.1) is 0 Å². The Kier molecular flexibility index (Phi) is 11.4. The van der Waals surface area contributed by atoms with Gasteiger partial charge in [0.15, 0.2) is 0 Å². The minimum Gasteiger partial charge on any atom is -0.444 e. The van der Waals surface area contributed by atoms with E-state index in [1.54, 1.807) is 38.6 Å². The van der Waals surface area contributed by atoms with Crippen molar-refractivity contribution in [3.05, 3.63) is 77.4 Å². The van der Waals surface area contributed by atoms with Crippen LogP contribution in [0.25, 0.3) is 0 Å². The molecule has 2 N–H and O–H groups in total. The van der Waals surface area contributed by atoms with Gasteiger partial charge in [-0.1, -0.05) is 53.6 Å². The average Bonchev–Trinajstić information content (AvgIpc) is 2.80. The van der Waals surface area contributed by atoms with Gasteiger partial charge in [-0.05, 0) is 77.2 Å². The maximum absolute atomic E-state index is 14.1. The van der Waals surface area contributed by atoms with Crippen LogP contribution >= 0.6 is 11.8 Å². The molecule has 206 valence electrons. The fraction of sp³-hybridized carbons (Fsp3) is 0.433. The van der Waals surface area contributed by atoms with Gasteiger partial charge >= 0.3 is 6.09 Å². The SMILES string of the molecule is C=CCN(C(=O)C(CCSC)NC(=O)OC(C)(C)C)C(C(=O)Nc1ccccc1C)c1cc(C)cc(C)c1. The monoisotopic (exact) mass is 539 g/mol. The van der Waals surface area contributed by atoms with Crippen molar-refractivity contribution in [1.82, 2.24) is 10.2 Å². The lowest BCUT2D eigenvalue weighted by Crippen LogP contribution is -2.52. The normalized spacial score (nSPS) is 12.7. The van der Waals surface area contributed by atoms with Crippen LogP contribution in [-0.2, 0) is 14.3 Å². The van der Waals surface area contributed by atoms with Crippen molar-refractivity contribution in [2.75, 3.05) is 23.9 Å². The maximum Gasteiger partial charge on any atom is 0.408 e. The number of anilines is 1. The molecular weight excluding hydrogens is 498 g/mol. The van der Waals surface area contributed by atoms with Crippen LogP contribution in [0.5, 0.6) is 0 Å². The lowest BCUT2D eigenvalue weighted by molar-refractivity contribution is -0.140. The summed E-state index contributed by atoms with van der Waals surface area (Å²) in [4.78, 5) is 42.1. The molecule has 0 radical (unpaired) electrons. The first-order chi connectivity index (χ1) is 17.9. The molecule has 38 heavy (non-hydrogen) atoms. The van der Waals surface area contributed by atoms with Crippen LogP contribution < -0.4 is 10.6 Å². The number of nitrogens with zero attached hydrogens (tertiary/aromatic N) is 1. The summed E-state index contributed by atoms with van der Waals surface area (Å²) in [6, 6.07) is 11.5. The second-order valence-corrected chi connectivity index (χ2v) is 11.4. The van der Waals surface area contributed by atoms with Crippen molar-refractivity contribution in [1.29, 1.82) is 0 Å². The molecule has 2 atom stereocenters. The van der Waals surface area contributed by atoms with E-state index in [4.69, 9.17) is 4.74 Å². The molecule has 0 aliphatic heterocycles. The number of alkyl carbamates (subject to hydrolysis) is 1. The number of hydrogen-bond acceptors (Lipinski definition) is 5. The van der Waals surface area contributed by atoms with Crippen LogP contribution in [0.4, 0.5) is 10.5 Å². The summed E-state index contributed by atoms with van der Waals surface area (Å²) in [5, 5.41) is 5.75. The second kappa shape index (κ2) is 14.0. The van der Waals surface area contributed by atoms with Crippen LogP contribution in [-0.4, -0.2) is 53.0 Å². The average molecular weight is 540 g/mol. The molecule has 2 aromatic carbocycles. The largest absolute Gasteiger partial charge is 0.444 e. The molecule has 2 aromatic rings. The van der Waals surface area contributed by atoms with Gasteiger partial charge in [-0.3, -0.25) is 9.59 Å². The Morgan fingerprint density at radius 1 is 1.08 bits per heavy atom. The number of amides is 3. The van der Waals surface area contributed by atoms with Crippen molar-refractivity contribution in [2.24, 2.45) is 0 Å². The first-order valence-corrected chi connectivity index (χ1v) is 14.1. The molecule has 0 heterocycles. The first-order valence-electron chi connectivity index (χ1n) is 12.7. The minimum atomic E-state index is -0.948. The van der Waals surface area contributed by atoms with Gasteiger partial charge in [0, 0.05) is 12.2 Å². The van der Waals surface area contributed by atoms with Crippen LogP contribution in [0.1, 0.15) is 55.5 Å². The van der Waals surface area contributed by atoms with Crippen LogP contribution in [0.2, 0.25) is 0 Å². The van der Waals surface area contributed by atoms with Crippen LogP contribution in [0.3, 0.4) is 0 Å². The van der Waals surface area contributed by atoms with Crippen molar-refractivity contribution in [2.45, 2.75) is 65.6 Å². The van der Waals surface area contributed by atoms with Crippen molar-refractivity contribution < 1.29 is 19.1 Å². The van der Waals surface area contributed by atoms with E-state index < -0.39 is 23.8 Å². The topological polar surface area (TPSA) is 87.7 Å². The van der Waals surface area contributed by atoms with E-state index >= 15 is 0 Å². The number of carbonyl (C=O) groups is 3. The maximum atomic E-state index is 14.1. The minimum absolute atomic E-state index is 0.115. The Morgan fingerprint density at radius 2 is 1.71 bits per heavy atom. The summed E-state index contributed by atoms with van der Waals surface area (Å²) in [6.45, 7) is 15.1. The molecule has 2 unspecified atom stereocenters. The number of aryl methyl sites for hydroxylation is 3. The number of thioether (sulfide) groups is 1. The number of rotatable bonds is 11. The molecule has 8 heteroatoms. The fourth-order valence-electron chi connectivity index (χ4n) is 4.16. The number of hydrogen-bond donors (Lipinski definition) is 2. The lowest BCUT2D eigenvalue weighted by atomic mass is 9.98. The quantitative estimate of drug-likeness (QED) is 0.345. The molecule has 7 nitrogen and oxygen atoms in total. The highest BCUT2D eigenvalue weighted by Crippen LogP contribution is 2.27. The summed E-state index contributed by atoms with van der Waals surface area (Å²) in [6.07, 6.45) is 3.23. The van der Waals surface area contributed by atoms with E-state index in [1.165, 1.54) is 4.90 Å². The molecule has 0 bridgehead atoms. The molecule has 0 saturated carbocycles. The molecule has 0 spiro atoms. The van der Waals surface area contributed by atoms with Gasteiger partial charge in [-0.25, -0.2) is 4.79 Å². The summed E-state index contributed by atoms with van der Waals surface area (Å²) in [5.41, 5.74) is 3.50. The molecule has 0 fully saturated rings. The van der Waals surface area contributed by atoms with Gasteiger partial charge in [-0.15, -0.1) is 6.58 Å². The molecule has 0 aliphatic rings. The van der Waals surface area contributed by atoms with E-state index in [9.17, 15) is 14.4 Å². The number of nitrogens with one attached hydrogen (secondary N) is 2.